The molecular formula is C24H41N3O4. The molecule has 0 aliphatic carbocycles. The summed E-state index contributed by atoms with van der Waals surface area (Å²) >= 11 is 0. The summed E-state index contributed by atoms with van der Waals surface area (Å²) in [5.74, 6) is 0.583. The van der Waals surface area contributed by atoms with Crippen molar-refractivity contribution >= 4 is 11.6 Å². The molecule has 2 N–H and O–H groups in total. The van der Waals surface area contributed by atoms with Gasteiger partial charge in [-0.05, 0) is 58.4 Å². The van der Waals surface area contributed by atoms with Crippen molar-refractivity contribution in [3.8, 4) is 5.75 Å². The number of amides is 1. The molecule has 0 saturated carbocycles. The molecule has 0 aromatic heterocycles. The normalized spacial score (nSPS) is 24.7. The number of likely N-dealkylation sites (N-methyl/N-ethyl adjacent to an activating group) is 1. The molecule has 7 nitrogen and oxygen atoms in total. The van der Waals surface area contributed by atoms with E-state index in [2.05, 4.69) is 12.2 Å². The molecule has 176 valence electrons. The molecule has 1 aromatic rings. The van der Waals surface area contributed by atoms with Crippen LogP contribution in [0.5, 0.6) is 5.75 Å². The Balaban J connectivity index is 2.47. The summed E-state index contributed by atoms with van der Waals surface area (Å²) in [5, 5.41) is 13.1. The quantitative estimate of drug-likeness (QED) is 0.741. The van der Waals surface area contributed by atoms with Gasteiger partial charge in [-0.1, -0.05) is 6.92 Å². The molecule has 1 heterocycles. The summed E-state index contributed by atoms with van der Waals surface area (Å²) in [6, 6.07) is 5.44. The first-order valence-electron chi connectivity index (χ1n) is 11.4. The van der Waals surface area contributed by atoms with Crippen LogP contribution in [0.15, 0.2) is 18.2 Å². The van der Waals surface area contributed by atoms with Gasteiger partial charge in [0.1, 0.15) is 5.75 Å². The van der Waals surface area contributed by atoms with Crippen molar-refractivity contribution in [3.63, 3.8) is 0 Å². The van der Waals surface area contributed by atoms with Crippen LogP contribution in [0.3, 0.4) is 0 Å². The minimum Gasteiger partial charge on any atom is -0.490 e. The highest BCUT2D eigenvalue weighted by molar-refractivity contribution is 5.98. The largest absolute Gasteiger partial charge is 0.490 e. The summed E-state index contributed by atoms with van der Waals surface area (Å²) in [5.41, 5.74) is 1.47. The molecule has 1 aliphatic heterocycles. The number of aliphatic hydroxyl groups is 1. The van der Waals surface area contributed by atoms with Gasteiger partial charge < -0.3 is 29.7 Å². The lowest BCUT2D eigenvalue weighted by atomic mass is 10.0. The number of fused-ring (bicyclic) bond motifs is 1. The number of carbonyl (C=O) groups excluding carboxylic acids is 1. The predicted octanol–water partition coefficient (Wildman–Crippen LogP) is 2.77. The molecule has 31 heavy (non-hydrogen) atoms. The van der Waals surface area contributed by atoms with Crippen molar-refractivity contribution in [2.45, 2.75) is 58.3 Å². The molecule has 0 spiro atoms. The summed E-state index contributed by atoms with van der Waals surface area (Å²) in [4.78, 5) is 17.5. The maximum atomic E-state index is 13.8. The van der Waals surface area contributed by atoms with E-state index in [1.165, 1.54) is 0 Å². The zero-order valence-corrected chi connectivity index (χ0v) is 20.1. The van der Waals surface area contributed by atoms with Crippen molar-refractivity contribution in [2.24, 2.45) is 5.92 Å². The van der Waals surface area contributed by atoms with Crippen LogP contribution in [0.1, 0.15) is 50.4 Å². The van der Waals surface area contributed by atoms with Crippen molar-refractivity contribution in [1.29, 1.82) is 0 Å². The van der Waals surface area contributed by atoms with Crippen molar-refractivity contribution < 1.29 is 19.4 Å². The van der Waals surface area contributed by atoms with Gasteiger partial charge in [0.2, 0.25) is 0 Å². The number of benzene rings is 1. The Morgan fingerprint density at radius 1 is 1.29 bits per heavy atom. The van der Waals surface area contributed by atoms with Gasteiger partial charge in [0.15, 0.2) is 0 Å². The molecule has 0 radical (unpaired) electrons. The number of rotatable bonds is 5. The molecule has 7 heteroatoms. The van der Waals surface area contributed by atoms with Crippen LogP contribution in [0.4, 0.5) is 5.69 Å². The Kier molecular flexibility index (Phi) is 10.1. The number of nitrogens with zero attached hydrogens (tertiary/aromatic N) is 2. The lowest BCUT2D eigenvalue weighted by molar-refractivity contribution is -0.000449. The first-order valence-corrected chi connectivity index (χ1v) is 11.4. The zero-order chi connectivity index (χ0) is 23.0. The van der Waals surface area contributed by atoms with E-state index >= 15 is 0 Å². The van der Waals surface area contributed by atoms with Crippen LogP contribution in [0.2, 0.25) is 0 Å². The summed E-state index contributed by atoms with van der Waals surface area (Å²) in [6.45, 7) is 7.83. The summed E-state index contributed by atoms with van der Waals surface area (Å²) in [6.07, 6.45) is 2.87. The van der Waals surface area contributed by atoms with Crippen LogP contribution in [-0.4, -0.2) is 81.6 Å². The molecule has 0 saturated heterocycles. The fraction of sp³-hybridized carbons (Fsp3) is 0.708. The third-order valence-corrected chi connectivity index (χ3v) is 5.96. The lowest BCUT2D eigenvalue weighted by Gasteiger charge is -2.34. The fourth-order valence-electron chi connectivity index (χ4n) is 3.88. The van der Waals surface area contributed by atoms with E-state index in [-0.39, 0.29) is 36.7 Å². The minimum atomic E-state index is -0.314. The van der Waals surface area contributed by atoms with Crippen LogP contribution in [0, 0.1) is 5.92 Å². The zero-order valence-electron chi connectivity index (χ0n) is 20.1. The highest BCUT2D eigenvalue weighted by Crippen LogP contribution is 2.29. The van der Waals surface area contributed by atoms with Gasteiger partial charge in [0.05, 0.1) is 30.4 Å². The monoisotopic (exact) mass is 435 g/mol. The Morgan fingerprint density at radius 3 is 2.68 bits per heavy atom. The maximum absolute atomic E-state index is 13.8. The van der Waals surface area contributed by atoms with Gasteiger partial charge in [0.25, 0.3) is 5.91 Å². The molecule has 0 unspecified atom stereocenters. The SMILES string of the molecule is CNC[C@H]1OCCCC[C@@H](C)Oc2ccc(N(C)C)cc2C(=O)N([C@H](C)CO)C[C@@H]1C. The Labute approximate surface area is 187 Å². The smallest absolute Gasteiger partial charge is 0.258 e. The molecule has 1 amide bonds. The first-order chi connectivity index (χ1) is 14.8. The fourth-order valence-corrected chi connectivity index (χ4v) is 3.88. The molecular weight excluding hydrogens is 394 g/mol. The van der Waals surface area contributed by atoms with E-state index in [9.17, 15) is 9.90 Å². The number of aliphatic hydroxyl groups excluding tert-OH is 1. The van der Waals surface area contributed by atoms with Gasteiger partial charge in [-0.25, -0.2) is 0 Å². The van der Waals surface area contributed by atoms with Gasteiger partial charge in [-0.2, -0.15) is 0 Å². The molecule has 0 fully saturated rings. The van der Waals surface area contributed by atoms with E-state index in [0.29, 0.717) is 24.5 Å². The number of anilines is 1. The second-order valence-corrected chi connectivity index (χ2v) is 8.93. The molecule has 0 bridgehead atoms. The number of hydrogen-bond acceptors (Lipinski definition) is 6. The van der Waals surface area contributed by atoms with Gasteiger partial charge in [-0.3, -0.25) is 4.79 Å². The maximum Gasteiger partial charge on any atom is 0.258 e. The van der Waals surface area contributed by atoms with Crippen molar-refractivity contribution in [1.82, 2.24) is 10.2 Å². The summed E-state index contributed by atoms with van der Waals surface area (Å²) in [7, 11) is 5.82. The standard InChI is InChI=1S/C24H41N3O4/c1-17-15-27(18(2)16-28)24(29)21-13-20(26(5)6)10-11-22(21)31-19(3)9-7-8-12-30-23(17)14-25-4/h10-11,13,17-19,23,25,28H,7-9,12,14-16H2,1-6H3/t17-,18+,19+,23+/m0/s1. The average molecular weight is 436 g/mol. The first kappa shape index (κ1) is 25.4. The van der Waals surface area contributed by atoms with Crippen molar-refractivity contribution in [3.05, 3.63) is 23.8 Å². The molecule has 1 aromatic carbocycles. The lowest BCUT2D eigenvalue weighted by Crippen LogP contribution is -2.47. The van der Waals surface area contributed by atoms with Gasteiger partial charge in [0, 0.05) is 45.4 Å². The van der Waals surface area contributed by atoms with Crippen LogP contribution in [0.25, 0.3) is 0 Å². The van der Waals surface area contributed by atoms with Crippen LogP contribution in [-0.2, 0) is 4.74 Å². The third-order valence-electron chi connectivity index (χ3n) is 5.96. The number of hydrogen-bond donors (Lipinski definition) is 2. The van der Waals surface area contributed by atoms with E-state index in [0.717, 1.165) is 31.5 Å². The van der Waals surface area contributed by atoms with E-state index in [4.69, 9.17) is 9.47 Å². The number of ether oxygens (including phenoxy) is 2. The van der Waals surface area contributed by atoms with Gasteiger partial charge >= 0.3 is 0 Å². The van der Waals surface area contributed by atoms with E-state index < -0.39 is 0 Å². The summed E-state index contributed by atoms with van der Waals surface area (Å²) < 4.78 is 12.4. The molecule has 1 aliphatic rings. The van der Waals surface area contributed by atoms with Gasteiger partial charge in [-0.15, -0.1) is 0 Å². The van der Waals surface area contributed by atoms with Crippen LogP contribution < -0.4 is 15.0 Å². The second kappa shape index (κ2) is 12.3. The van der Waals surface area contributed by atoms with E-state index in [1.54, 1.807) is 4.90 Å². The third kappa shape index (κ3) is 7.09. The predicted molar refractivity (Wildman–Crippen MR) is 125 cm³/mol. The number of carbonyl (C=O) groups is 1. The van der Waals surface area contributed by atoms with Crippen molar-refractivity contribution in [2.75, 3.05) is 52.3 Å². The van der Waals surface area contributed by atoms with Crippen LogP contribution >= 0.6 is 0 Å². The Morgan fingerprint density at radius 2 is 2.03 bits per heavy atom. The van der Waals surface area contributed by atoms with E-state index in [1.807, 2.05) is 58.1 Å². The average Bonchev–Trinajstić information content (AvgIpc) is 2.74. The second-order valence-electron chi connectivity index (χ2n) is 8.93. The Hall–Kier alpha value is -1.83. The highest BCUT2D eigenvalue weighted by atomic mass is 16.5. The molecule has 2 rings (SSSR count). The Bertz CT molecular complexity index is 697. The minimum absolute atomic E-state index is 0.00422. The molecule has 4 atom stereocenters. The number of nitrogens with one attached hydrogen (secondary N) is 1. The highest BCUT2D eigenvalue weighted by Gasteiger charge is 2.29. The topological polar surface area (TPSA) is 74.3 Å².